The number of amides is 2. The minimum absolute atomic E-state index is 0.194. The summed E-state index contributed by atoms with van der Waals surface area (Å²) in [6.45, 7) is 1.64. The fourth-order valence-electron chi connectivity index (χ4n) is 3.14. The van der Waals surface area contributed by atoms with E-state index in [-0.39, 0.29) is 11.8 Å². The van der Waals surface area contributed by atoms with Gasteiger partial charge in [0.15, 0.2) is 6.10 Å². The maximum Gasteiger partial charge on any atom is 0.279 e. The van der Waals surface area contributed by atoms with E-state index in [1.54, 1.807) is 19.1 Å². The zero-order valence-corrected chi connectivity index (χ0v) is 16.1. The summed E-state index contributed by atoms with van der Waals surface area (Å²) in [7, 11) is 0. The van der Waals surface area contributed by atoms with Crippen LogP contribution < -0.4 is 15.6 Å². The van der Waals surface area contributed by atoms with E-state index in [1.807, 2.05) is 30.3 Å². The maximum atomic E-state index is 12.5. The molecule has 2 aromatic carbocycles. The van der Waals surface area contributed by atoms with Crippen LogP contribution in [0.15, 0.2) is 53.0 Å². The Hall–Kier alpha value is -2.34. The topological polar surface area (TPSA) is 67.4 Å². The Labute approximate surface area is 161 Å². The largest absolute Gasteiger partial charge is 0.481 e. The van der Waals surface area contributed by atoms with Crippen molar-refractivity contribution in [1.82, 2.24) is 10.9 Å². The molecule has 2 atom stereocenters. The summed E-state index contributed by atoms with van der Waals surface area (Å²) in [6, 6.07) is 15.2. The lowest BCUT2D eigenvalue weighted by atomic mass is 9.82. The molecule has 0 aliphatic heterocycles. The highest BCUT2D eigenvalue weighted by Gasteiger charge is 2.27. The van der Waals surface area contributed by atoms with E-state index in [0.717, 1.165) is 29.3 Å². The number of hydrogen-bond donors (Lipinski definition) is 2. The van der Waals surface area contributed by atoms with Gasteiger partial charge in [-0.05, 0) is 55.5 Å². The molecular weight excluding hydrogens is 396 g/mol. The average Bonchev–Trinajstić information content (AvgIpc) is 2.65. The maximum absolute atomic E-state index is 12.5. The molecule has 136 valence electrons. The highest BCUT2D eigenvalue weighted by Crippen LogP contribution is 2.31. The smallest absolute Gasteiger partial charge is 0.279 e. The SMILES string of the molecule is CC(Oc1cccc(Br)c1)C(=O)NNC(=O)C1CCCc2ccccc21. The first-order valence-corrected chi connectivity index (χ1v) is 9.43. The lowest BCUT2D eigenvalue weighted by Gasteiger charge is -2.25. The Kier molecular flexibility index (Phi) is 5.93. The number of hydrogen-bond acceptors (Lipinski definition) is 3. The molecule has 3 rings (SSSR count). The van der Waals surface area contributed by atoms with Gasteiger partial charge in [-0.15, -0.1) is 0 Å². The Bertz CT molecular complexity index is 809. The van der Waals surface area contributed by atoms with Crippen molar-refractivity contribution in [1.29, 1.82) is 0 Å². The normalized spacial score (nSPS) is 16.9. The molecule has 0 heterocycles. The summed E-state index contributed by atoms with van der Waals surface area (Å²) in [5.41, 5.74) is 7.26. The van der Waals surface area contributed by atoms with Crippen LogP contribution in [0.1, 0.15) is 36.8 Å². The third-order valence-corrected chi connectivity index (χ3v) is 4.97. The van der Waals surface area contributed by atoms with Gasteiger partial charge in [-0.1, -0.05) is 46.3 Å². The Morgan fingerprint density at radius 1 is 1.15 bits per heavy atom. The number of benzene rings is 2. The predicted molar refractivity (Wildman–Crippen MR) is 103 cm³/mol. The molecule has 0 saturated carbocycles. The van der Waals surface area contributed by atoms with Gasteiger partial charge in [0.05, 0.1) is 5.92 Å². The van der Waals surface area contributed by atoms with Gasteiger partial charge in [-0.3, -0.25) is 20.4 Å². The van der Waals surface area contributed by atoms with E-state index in [1.165, 1.54) is 5.56 Å². The third kappa shape index (κ3) is 4.43. The molecule has 0 saturated heterocycles. The molecule has 0 bridgehead atoms. The van der Waals surface area contributed by atoms with Gasteiger partial charge in [-0.2, -0.15) is 0 Å². The summed E-state index contributed by atoms with van der Waals surface area (Å²) in [6.07, 6.45) is 2.00. The second kappa shape index (κ2) is 8.36. The van der Waals surface area contributed by atoms with E-state index < -0.39 is 12.0 Å². The molecule has 2 aromatic rings. The highest BCUT2D eigenvalue weighted by molar-refractivity contribution is 9.10. The lowest BCUT2D eigenvalue weighted by molar-refractivity contribution is -0.133. The molecule has 1 aliphatic rings. The molecule has 2 amide bonds. The van der Waals surface area contributed by atoms with Crippen LogP contribution in [-0.2, 0) is 16.0 Å². The number of carbonyl (C=O) groups excluding carboxylic acids is 2. The number of carbonyl (C=O) groups is 2. The standard InChI is InChI=1S/C20H21BrN2O3/c1-13(26-16-9-5-8-15(21)12-16)19(24)22-23-20(25)18-11-4-7-14-6-2-3-10-17(14)18/h2-3,5-6,8-10,12-13,18H,4,7,11H2,1H3,(H,22,24)(H,23,25). The van der Waals surface area contributed by atoms with Crippen molar-refractivity contribution in [3.8, 4) is 5.75 Å². The number of aryl methyl sites for hydroxylation is 1. The Morgan fingerprint density at radius 2 is 1.96 bits per heavy atom. The van der Waals surface area contributed by atoms with Gasteiger partial charge in [0.25, 0.3) is 5.91 Å². The van der Waals surface area contributed by atoms with E-state index >= 15 is 0 Å². The van der Waals surface area contributed by atoms with Gasteiger partial charge in [-0.25, -0.2) is 0 Å². The fourth-order valence-corrected chi connectivity index (χ4v) is 3.51. The second-order valence-corrected chi connectivity index (χ2v) is 7.26. The minimum atomic E-state index is -0.733. The first kappa shape index (κ1) is 18.5. The first-order chi connectivity index (χ1) is 12.5. The molecule has 26 heavy (non-hydrogen) atoms. The lowest BCUT2D eigenvalue weighted by Crippen LogP contribution is -2.48. The molecule has 5 nitrogen and oxygen atoms in total. The van der Waals surface area contributed by atoms with Crippen LogP contribution in [-0.4, -0.2) is 17.9 Å². The first-order valence-electron chi connectivity index (χ1n) is 8.64. The van der Waals surface area contributed by atoms with Crippen molar-refractivity contribution in [3.05, 3.63) is 64.1 Å². The van der Waals surface area contributed by atoms with Crippen molar-refractivity contribution in [2.75, 3.05) is 0 Å². The van der Waals surface area contributed by atoms with Crippen LogP contribution in [0.4, 0.5) is 0 Å². The number of fused-ring (bicyclic) bond motifs is 1. The van der Waals surface area contributed by atoms with Crippen LogP contribution in [0.2, 0.25) is 0 Å². The molecule has 0 aromatic heterocycles. The Morgan fingerprint density at radius 3 is 2.77 bits per heavy atom. The summed E-state index contributed by atoms with van der Waals surface area (Å²) >= 11 is 3.36. The molecule has 6 heteroatoms. The predicted octanol–water partition coefficient (Wildman–Crippen LogP) is 3.48. The summed E-state index contributed by atoms with van der Waals surface area (Å²) in [5, 5.41) is 0. The molecule has 0 radical (unpaired) electrons. The molecular formula is C20H21BrN2O3. The summed E-state index contributed by atoms with van der Waals surface area (Å²) in [5.74, 6) is -0.251. The van der Waals surface area contributed by atoms with E-state index in [4.69, 9.17) is 4.74 Å². The molecule has 0 fully saturated rings. The molecule has 0 spiro atoms. The van der Waals surface area contributed by atoms with Gasteiger partial charge in [0, 0.05) is 4.47 Å². The van der Waals surface area contributed by atoms with Crippen LogP contribution >= 0.6 is 15.9 Å². The molecule has 1 aliphatic carbocycles. The van der Waals surface area contributed by atoms with Gasteiger partial charge in [0.1, 0.15) is 5.75 Å². The van der Waals surface area contributed by atoms with Crippen molar-refractivity contribution in [2.45, 2.75) is 38.2 Å². The van der Waals surface area contributed by atoms with Crippen molar-refractivity contribution >= 4 is 27.7 Å². The van der Waals surface area contributed by atoms with E-state index in [0.29, 0.717) is 5.75 Å². The van der Waals surface area contributed by atoms with Crippen LogP contribution in [0, 0.1) is 0 Å². The van der Waals surface area contributed by atoms with Crippen LogP contribution in [0.25, 0.3) is 0 Å². The zero-order valence-electron chi connectivity index (χ0n) is 14.5. The van der Waals surface area contributed by atoms with Crippen molar-refractivity contribution in [2.24, 2.45) is 0 Å². The fraction of sp³-hybridized carbons (Fsp3) is 0.300. The van der Waals surface area contributed by atoms with E-state index in [2.05, 4.69) is 32.8 Å². The molecule has 2 unspecified atom stereocenters. The van der Waals surface area contributed by atoms with Gasteiger partial charge < -0.3 is 4.74 Å². The van der Waals surface area contributed by atoms with E-state index in [9.17, 15) is 9.59 Å². The van der Waals surface area contributed by atoms with Gasteiger partial charge in [0.2, 0.25) is 5.91 Å². The molecule has 2 N–H and O–H groups in total. The summed E-state index contributed by atoms with van der Waals surface area (Å²) < 4.78 is 6.47. The summed E-state index contributed by atoms with van der Waals surface area (Å²) in [4.78, 5) is 24.7. The van der Waals surface area contributed by atoms with Gasteiger partial charge >= 0.3 is 0 Å². The quantitative estimate of drug-likeness (QED) is 0.749. The number of hydrazine groups is 1. The number of nitrogens with one attached hydrogen (secondary N) is 2. The zero-order chi connectivity index (χ0) is 18.5. The minimum Gasteiger partial charge on any atom is -0.481 e. The highest BCUT2D eigenvalue weighted by atomic mass is 79.9. The monoisotopic (exact) mass is 416 g/mol. The van der Waals surface area contributed by atoms with Crippen molar-refractivity contribution in [3.63, 3.8) is 0 Å². The third-order valence-electron chi connectivity index (χ3n) is 4.47. The average molecular weight is 417 g/mol. The van der Waals surface area contributed by atoms with Crippen LogP contribution in [0.5, 0.6) is 5.75 Å². The number of rotatable bonds is 4. The number of ether oxygens (including phenoxy) is 1. The van der Waals surface area contributed by atoms with Crippen LogP contribution in [0.3, 0.4) is 0 Å². The number of halogens is 1. The van der Waals surface area contributed by atoms with Crippen molar-refractivity contribution < 1.29 is 14.3 Å². The Balaban J connectivity index is 1.55. The second-order valence-electron chi connectivity index (χ2n) is 6.34.